The number of sulfonamides is 1. The standard InChI is InChI=1S/C13H19NO4S3/c1-2-12-5-6-13(19-12)21(17,18)14(10-3-4-10)11-7-8-20(15,16)9-11/h5-6,10-11H,2-4,7-9H2,1H3/t11-/m1/s1. The predicted molar refractivity (Wildman–Crippen MR) is 82.8 cm³/mol. The largest absolute Gasteiger partial charge is 0.253 e. The van der Waals surface area contributed by atoms with Crippen LogP contribution in [0.2, 0.25) is 0 Å². The molecule has 118 valence electrons. The summed E-state index contributed by atoms with van der Waals surface area (Å²) < 4.78 is 51.0. The first-order valence-electron chi connectivity index (χ1n) is 7.16. The van der Waals surface area contributed by atoms with Gasteiger partial charge in [-0.3, -0.25) is 0 Å². The summed E-state index contributed by atoms with van der Waals surface area (Å²) in [4.78, 5) is 1.03. The molecule has 0 aromatic carbocycles. The third-order valence-electron chi connectivity index (χ3n) is 3.99. The number of rotatable bonds is 5. The van der Waals surface area contributed by atoms with Gasteiger partial charge in [0.1, 0.15) is 4.21 Å². The fourth-order valence-corrected chi connectivity index (χ4v) is 7.89. The van der Waals surface area contributed by atoms with E-state index in [0.717, 1.165) is 24.1 Å². The molecule has 1 aromatic heterocycles. The molecular formula is C13H19NO4S3. The molecule has 2 aliphatic rings. The van der Waals surface area contributed by atoms with E-state index in [9.17, 15) is 16.8 Å². The van der Waals surface area contributed by atoms with Crippen LogP contribution < -0.4 is 0 Å². The van der Waals surface area contributed by atoms with Gasteiger partial charge >= 0.3 is 0 Å². The molecule has 21 heavy (non-hydrogen) atoms. The average Bonchev–Trinajstić information content (AvgIpc) is 2.98. The highest BCUT2D eigenvalue weighted by Crippen LogP contribution is 2.38. The highest BCUT2D eigenvalue weighted by molar-refractivity contribution is 7.92. The Balaban J connectivity index is 1.93. The molecule has 3 rings (SSSR count). The first-order valence-corrected chi connectivity index (χ1v) is 11.2. The number of nitrogens with zero attached hydrogens (tertiary/aromatic N) is 1. The third kappa shape index (κ3) is 3.04. The smallest absolute Gasteiger partial charge is 0.229 e. The number of sulfone groups is 1. The molecule has 0 amide bonds. The minimum atomic E-state index is -3.57. The fraction of sp³-hybridized carbons (Fsp3) is 0.692. The Morgan fingerprint density at radius 1 is 1.24 bits per heavy atom. The molecule has 2 fully saturated rings. The molecule has 8 heteroatoms. The molecule has 1 atom stereocenters. The Hall–Kier alpha value is -0.440. The van der Waals surface area contributed by atoms with Crippen LogP contribution in [-0.4, -0.2) is 44.7 Å². The van der Waals surface area contributed by atoms with Crippen LogP contribution in [0.4, 0.5) is 0 Å². The normalized spacial score (nSPS) is 25.5. The summed E-state index contributed by atoms with van der Waals surface area (Å²) in [5.74, 6) is 0.0653. The summed E-state index contributed by atoms with van der Waals surface area (Å²) in [7, 11) is -6.66. The van der Waals surface area contributed by atoms with Crippen molar-refractivity contribution in [2.24, 2.45) is 0 Å². The second-order valence-corrected chi connectivity index (χ2v) is 11.2. The van der Waals surface area contributed by atoms with Crippen molar-refractivity contribution in [2.45, 2.75) is 48.9 Å². The first kappa shape index (κ1) is 15.5. The molecule has 0 radical (unpaired) electrons. The molecule has 1 aliphatic heterocycles. The summed E-state index contributed by atoms with van der Waals surface area (Å²) in [5.41, 5.74) is 0. The summed E-state index contributed by atoms with van der Waals surface area (Å²) in [6, 6.07) is 3.09. The quantitative estimate of drug-likeness (QED) is 0.810. The highest BCUT2D eigenvalue weighted by Gasteiger charge is 2.46. The SMILES string of the molecule is CCc1ccc(S(=O)(=O)N(C2CC2)[C@@H]2CCS(=O)(=O)C2)s1. The first-order chi connectivity index (χ1) is 9.83. The third-order valence-corrected chi connectivity index (χ3v) is 9.44. The zero-order chi connectivity index (χ0) is 15.3. The second-order valence-electron chi connectivity index (χ2n) is 5.70. The molecule has 0 bridgehead atoms. The van der Waals surface area contributed by atoms with Crippen LogP contribution in [0, 0.1) is 0 Å². The number of hydrogen-bond donors (Lipinski definition) is 0. The van der Waals surface area contributed by atoms with E-state index in [4.69, 9.17) is 0 Å². The van der Waals surface area contributed by atoms with Crippen LogP contribution in [-0.2, 0) is 26.3 Å². The van der Waals surface area contributed by atoms with Gasteiger partial charge in [0.05, 0.1) is 11.5 Å². The Labute approximate surface area is 129 Å². The van der Waals surface area contributed by atoms with E-state index in [1.165, 1.54) is 15.6 Å². The summed E-state index contributed by atoms with van der Waals surface area (Å²) >= 11 is 1.29. The minimum absolute atomic E-state index is 0.0134. The van der Waals surface area contributed by atoms with Crippen molar-refractivity contribution in [3.63, 3.8) is 0 Å². The molecule has 0 unspecified atom stereocenters. The molecular weight excluding hydrogens is 330 g/mol. The topological polar surface area (TPSA) is 71.5 Å². The molecule has 1 aromatic rings. The van der Waals surface area contributed by atoms with Crippen molar-refractivity contribution in [2.75, 3.05) is 11.5 Å². The summed E-state index contributed by atoms with van der Waals surface area (Å²) in [6.07, 6.45) is 2.90. The molecule has 2 heterocycles. The number of hydrogen-bond acceptors (Lipinski definition) is 5. The van der Waals surface area contributed by atoms with Gasteiger partial charge < -0.3 is 0 Å². The van der Waals surface area contributed by atoms with Crippen molar-refractivity contribution in [1.29, 1.82) is 0 Å². The highest BCUT2D eigenvalue weighted by atomic mass is 32.2. The minimum Gasteiger partial charge on any atom is -0.229 e. The summed E-state index contributed by atoms with van der Waals surface area (Å²) in [5, 5.41) is 0. The van der Waals surface area contributed by atoms with Crippen molar-refractivity contribution in [3.8, 4) is 0 Å². The Kier molecular flexibility index (Phi) is 3.92. The van der Waals surface area contributed by atoms with Crippen molar-refractivity contribution in [3.05, 3.63) is 17.0 Å². The molecule has 1 saturated carbocycles. The van der Waals surface area contributed by atoms with E-state index in [1.54, 1.807) is 6.07 Å². The second kappa shape index (κ2) is 5.33. The van der Waals surface area contributed by atoms with Gasteiger partial charge in [-0.1, -0.05) is 6.92 Å². The Bertz CT molecular complexity index is 731. The lowest BCUT2D eigenvalue weighted by molar-refractivity contribution is 0.333. The van der Waals surface area contributed by atoms with E-state index in [-0.39, 0.29) is 23.6 Å². The average molecular weight is 349 g/mol. The van der Waals surface area contributed by atoms with Gasteiger partial charge in [-0.05, 0) is 37.8 Å². The fourth-order valence-electron chi connectivity index (χ4n) is 2.79. The molecule has 0 spiro atoms. The van der Waals surface area contributed by atoms with Crippen LogP contribution in [0.15, 0.2) is 16.3 Å². The van der Waals surface area contributed by atoms with Crippen LogP contribution in [0.3, 0.4) is 0 Å². The van der Waals surface area contributed by atoms with Gasteiger partial charge in [0, 0.05) is 17.0 Å². The number of aryl methyl sites for hydroxylation is 1. The maximum absolute atomic E-state index is 12.9. The van der Waals surface area contributed by atoms with Gasteiger partial charge in [-0.2, -0.15) is 4.31 Å². The predicted octanol–water partition coefficient (Wildman–Crippen LogP) is 1.65. The molecule has 1 aliphatic carbocycles. The molecule has 0 N–H and O–H groups in total. The summed E-state index contributed by atoms with van der Waals surface area (Å²) in [6.45, 7) is 1.99. The van der Waals surface area contributed by atoms with Crippen molar-refractivity contribution < 1.29 is 16.8 Å². The number of thiophene rings is 1. The van der Waals surface area contributed by atoms with E-state index in [1.807, 2.05) is 13.0 Å². The van der Waals surface area contributed by atoms with Gasteiger partial charge in [0.25, 0.3) is 10.0 Å². The molecule has 5 nitrogen and oxygen atoms in total. The maximum Gasteiger partial charge on any atom is 0.253 e. The Morgan fingerprint density at radius 3 is 2.43 bits per heavy atom. The van der Waals surface area contributed by atoms with Crippen LogP contribution in [0.25, 0.3) is 0 Å². The van der Waals surface area contributed by atoms with E-state index in [2.05, 4.69) is 0 Å². The van der Waals surface area contributed by atoms with E-state index >= 15 is 0 Å². The lowest BCUT2D eigenvalue weighted by Crippen LogP contribution is -2.42. The maximum atomic E-state index is 12.9. The van der Waals surface area contributed by atoms with Gasteiger partial charge in [-0.25, -0.2) is 16.8 Å². The van der Waals surface area contributed by atoms with Gasteiger partial charge in [0.15, 0.2) is 9.84 Å². The van der Waals surface area contributed by atoms with Crippen LogP contribution in [0.5, 0.6) is 0 Å². The Morgan fingerprint density at radius 2 is 1.95 bits per heavy atom. The van der Waals surface area contributed by atoms with E-state index in [0.29, 0.717) is 10.6 Å². The zero-order valence-electron chi connectivity index (χ0n) is 11.9. The van der Waals surface area contributed by atoms with Gasteiger partial charge in [0.2, 0.25) is 0 Å². The molecule has 1 saturated heterocycles. The van der Waals surface area contributed by atoms with Crippen molar-refractivity contribution >= 4 is 31.2 Å². The van der Waals surface area contributed by atoms with Gasteiger partial charge in [-0.15, -0.1) is 11.3 Å². The lowest BCUT2D eigenvalue weighted by Gasteiger charge is -2.26. The van der Waals surface area contributed by atoms with Crippen molar-refractivity contribution in [1.82, 2.24) is 4.31 Å². The van der Waals surface area contributed by atoms with Crippen LogP contribution >= 0.6 is 11.3 Å². The zero-order valence-corrected chi connectivity index (χ0v) is 14.3. The van der Waals surface area contributed by atoms with E-state index < -0.39 is 19.9 Å². The monoisotopic (exact) mass is 349 g/mol. The van der Waals surface area contributed by atoms with Crippen LogP contribution in [0.1, 0.15) is 31.1 Å². The lowest BCUT2D eigenvalue weighted by atomic mass is 10.2.